The Morgan fingerprint density at radius 3 is 2.73 bits per heavy atom. The molecule has 0 saturated carbocycles. The first kappa shape index (κ1) is 18.6. The van der Waals surface area contributed by atoms with E-state index in [-0.39, 0.29) is 11.9 Å². The van der Waals surface area contributed by atoms with Gasteiger partial charge in [0.25, 0.3) is 5.91 Å². The smallest absolute Gasteiger partial charge is 0.270 e. The van der Waals surface area contributed by atoms with Crippen molar-refractivity contribution >= 4 is 21.8 Å². The van der Waals surface area contributed by atoms with E-state index in [0.717, 1.165) is 38.2 Å². The normalized spacial score (nSPS) is 15.0. The molecule has 0 saturated heterocycles. The molecule has 6 nitrogen and oxygen atoms in total. The van der Waals surface area contributed by atoms with E-state index < -0.39 is 0 Å². The lowest BCUT2D eigenvalue weighted by Crippen LogP contribution is -2.21. The van der Waals surface area contributed by atoms with Crippen molar-refractivity contribution in [3.8, 4) is 17.0 Å². The number of amides is 1. The summed E-state index contributed by atoms with van der Waals surface area (Å²) in [5.41, 5.74) is 4.92. The van der Waals surface area contributed by atoms with E-state index in [4.69, 9.17) is 4.74 Å². The van der Waals surface area contributed by atoms with Gasteiger partial charge in [-0.05, 0) is 41.5 Å². The molecule has 4 aromatic rings. The second kappa shape index (κ2) is 7.76. The molecule has 1 unspecified atom stereocenters. The molecule has 30 heavy (non-hydrogen) atoms. The van der Waals surface area contributed by atoms with Crippen LogP contribution in [0.3, 0.4) is 0 Å². The second-order valence-electron chi connectivity index (χ2n) is 7.00. The van der Waals surface area contributed by atoms with Crippen LogP contribution in [0.25, 0.3) is 11.3 Å². The first-order valence-electron chi connectivity index (χ1n) is 9.46. The Morgan fingerprint density at radius 1 is 1.07 bits per heavy atom. The zero-order valence-corrected chi connectivity index (χ0v) is 17.4. The van der Waals surface area contributed by atoms with E-state index in [1.807, 2.05) is 60.7 Å². The summed E-state index contributed by atoms with van der Waals surface area (Å²) in [4.78, 5) is 16.6. The van der Waals surface area contributed by atoms with Crippen LogP contribution < -0.4 is 10.1 Å². The van der Waals surface area contributed by atoms with Crippen molar-refractivity contribution in [1.29, 1.82) is 0 Å². The minimum absolute atomic E-state index is 0.166. The van der Waals surface area contributed by atoms with E-state index in [0.29, 0.717) is 12.3 Å². The standard InChI is InChI=1S/C23H17BrN4O2/c24-17-8-6-14(7-9-17)13-30-18-5-1-3-15(11-18)21-19-20(16-4-2-10-25-12-16)26-23(29)22(19)28-27-21/h1-12,20H,13H2,(H,26,29)(H,27,28). The lowest BCUT2D eigenvalue weighted by Gasteiger charge is -2.13. The zero-order chi connectivity index (χ0) is 20.5. The van der Waals surface area contributed by atoms with Crippen LogP contribution in [0.1, 0.15) is 33.2 Å². The lowest BCUT2D eigenvalue weighted by atomic mass is 9.98. The van der Waals surface area contributed by atoms with E-state index in [1.54, 1.807) is 12.4 Å². The maximum absolute atomic E-state index is 12.4. The third kappa shape index (κ3) is 3.48. The van der Waals surface area contributed by atoms with Gasteiger partial charge in [-0.25, -0.2) is 0 Å². The lowest BCUT2D eigenvalue weighted by molar-refractivity contribution is 0.0955. The van der Waals surface area contributed by atoms with Gasteiger partial charge in [-0.3, -0.25) is 14.9 Å². The number of aromatic nitrogens is 3. The molecule has 2 aromatic heterocycles. The first-order valence-corrected chi connectivity index (χ1v) is 10.2. The number of aromatic amines is 1. The van der Waals surface area contributed by atoms with E-state index in [9.17, 15) is 4.79 Å². The molecule has 0 fully saturated rings. The van der Waals surface area contributed by atoms with Gasteiger partial charge in [0.05, 0.1) is 11.7 Å². The van der Waals surface area contributed by atoms with Crippen LogP contribution in [-0.2, 0) is 6.61 Å². The maximum Gasteiger partial charge on any atom is 0.270 e. The summed E-state index contributed by atoms with van der Waals surface area (Å²) >= 11 is 3.44. The summed E-state index contributed by atoms with van der Waals surface area (Å²) in [6.45, 7) is 0.466. The Kier molecular flexibility index (Phi) is 4.80. The summed E-state index contributed by atoms with van der Waals surface area (Å²) in [5.74, 6) is 0.572. The number of fused-ring (bicyclic) bond motifs is 1. The van der Waals surface area contributed by atoms with Gasteiger partial charge in [-0.2, -0.15) is 5.10 Å². The van der Waals surface area contributed by atoms with Crippen LogP contribution in [-0.4, -0.2) is 21.1 Å². The van der Waals surface area contributed by atoms with E-state index in [1.165, 1.54) is 0 Å². The number of halogens is 1. The highest BCUT2D eigenvalue weighted by Gasteiger charge is 2.35. The average molecular weight is 461 g/mol. The van der Waals surface area contributed by atoms with E-state index >= 15 is 0 Å². The van der Waals surface area contributed by atoms with Gasteiger partial charge in [0.2, 0.25) is 0 Å². The minimum Gasteiger partial charge on any atom is -0.489 e. The summed E-state index contributed by atoms with van der Waals surface area (Å²) in [6, 6.07) is 19.3. The van der Waals surface area contributed by atoms with Crippen LogP contribution in [0.2, 0.25) is 0 Å². The van der Waals surface area contributed by atoms with Crippen molar-refractivity contribution < 1.29 is 9.53 Å². The fraction of sp³-hybridized carbons (Fsp3) is 0.0870. The van der Waals surface area contributed by atoms with Crippen molar-refractivity contribution in [2.75, 3.05) is 0 Å². The molecule has 3 heterocycles. The Bertz CT molecular complexity index is 1210. The topological polar surface area (TPSA) is 79.9 Å². The highest BCUT2D eigenvalue weighted by Crippen LogP contribution is 2.37. The largest absolute Gasteiger partial charge is 0.489 e. The Hall–Kier alpha value is -3.45. The molecule has 1 aliphatic rings. The molecule has 7 heteroatoms. The number of H-pyrrole nitrogens is 1. The van der Waals surface area contributed by atoms with E-state index in [2.05, 4.69) is 36.4 Å². The highest BCUT2D eigenvalue weighted by atomic mass is 79.9. The van der Waals surface area contributed by atoms with Crippen LogP contribution >= 0.6 is 15.9 Å². The Morgan fingerprint density at radius 2 is 1.93 bits per heavy atom. The number of nitrogens with zero attached hydrogens (tertiary/aromatic N) is 2. The number of carbonyl (C=O) groups is 1. The van der Waals surface area contributed by atoms with Crippen LogP contribution in [0.4, 0.5) is 0 Å². The summed E-state index contributed by atoms with van der Waals surface area (Å²) in [5, 5.41) is 10.3. The molecule has 0 aliphatic carbocycles. The van der Waals surface area contributed by atoms with Crippen LogP contribution in [0.5, 0.6) is 5.75 Å². The zero-order valence-electron chi connectivity index (χ0n) is 15.8. The van der Waals surface area contributed by atoms with Gasteiger partial charge >= 0.3 is 0 Å². The average Bonchev–Trinajstić information content (AvgIpc) is 3.36. The van der Waals surface area contributed by atoms with Gasteiger partial charge in [0.1, 0.15) is 18.1 Å². The molecular formula is C23H17BrN4O2. The molecule has 0 bridgehead atoms. The summed E-state index contributed by atoms with van der Waals surface area (Å²) in [6.07, 6.45) is 3.47. The van der Waals surface area contributed by atoms with Crippen molar-refractivity contribution in [1.82, 2.24) is 20.5 Å². The predicted octanol–water partition coefficient (Wildman–Crippen LogP) is 4.65. The van der Waals surface area contributed by atoms with Gasteiger partial charge in [0, 0.05) is 28.0 Å². The van der Waals surface area contributed by atoms with Gasteiger partial charge < -0.3 is 10.1 Å². The third-order valence-electron chi connectivity index (χ3n) is 5.04. The summed E-state index contributed by atoms with van der Waals surface area (Å²) in [7, 11) is 0. The molecule has 148 valence electrons. The number of rotatable bonds is 5. The molecule has 1 amide bonds. The SMILES string of the molecule is O=C1NC(c2cccnc2)c2c(-c3cccc(OCc4ccc(Br)cc4)c3)n[nH]c21. The number of benzene rings is 2. The molecule has 1 atom stereocenters. The van der Waals surface area contributed by atoms with Crippen molar-refractivity contribution in [3.63, 3.8) is 0 Å². The monoisotopic (exact) mass is 460 g/mol. The number of ether oxygens (including phenoxy) is 1. The predicted molar refractivity (Wildman–Crippen MR) is 116 cm³/mol. The molecular weight excluding hydrogens is 444 g/mol. The molecule has 2 aromatic carbocycles. The molecule has 1 aliphatic heterocycles. The van der Waals surface area contributed by atoms with Crippen molar-refractivity contribution in [2.45, 2.75) is 12.6 Å². The number of pyridine rings is 1. The fourth-order valence-corrected chi connectivity index (χ4v) is 3.84. The first-order chi connectivity index (χ1) is 14.7. The molecule has 0 radical (unpaired) electrons. The van der Waals surface area contributed by atoms with Gasteiger partial charge in [0.15, 0.2) is 0 Å². The number of nitrogens with one attached hydrogen (secondary N) is 2. The Balaban J connectivity index is 1.44. The summed E-state index contributed by atoms with van der Waals surface area (Å²) < 4.78 is 7.01. The van der Waals surface area contributed by atoms with Crippen molar-refractivity contribution in [2.24, 2.45) is 0 Å². The maximum atomic E-state index is 12.4. The highest BCUT2D eigenvalue weighted by molar-refractivity contribution is 9.10. The number of carbonyl (C=O) groups excluding carboxylic acids is 1. The fourth-order valence-electron chi connectivity index (χ4n) is 3.58. The van der Waals surface area contributed by atoms with Crippen LogP contribution in [0.15, 0.2) is 77.5 Å². The Labute approximate surface area is 181 Å². The minimum atomic E-state index is -0.290. The molecule has 2 N–H and O–H groups in total. The number of hydrogen-bond donors (Lipinski definition) is 2. The van der Waals surface area contributed by atoms with Crippen LogP contribution in [0, 0.1) is 0 Å². The van der Waals surface area contributed by atoms with Gasteiger partial charge in [-0.1, -0.05) is 46.3 Å². The van der Waals surface area contributed by atoms with Gasteiger partial charge in [-0.15, -0.1) is 0 Å². The third-order valence-corrected chi connectivity index (χ3v) is 5.57. The number of hydrogen-bond acceptors (Lipinski definition) is 4. The molecule has 0 spiro atoms. The van der Waals surface area contributed by atoms with Crippen molar-refractivity contribution in [3.05, 3.63) is 99.9 Å². The quantitative estimate of drug-likeness (QED) is 0.454. The molecule has 5 rings (SSSR count). The second-order valence-corrected chi connectivity index (χ2v) is 7.91.